The Morgan fingerprint density at radius 2 is 1.77 bits per heavy atom. The summed E-state index contributed by atoms with van der Waals surface area (Å²) in [5.74, 6) is -0.223. The molecule has 2 aromatic heterocycles. The van der Waals surface area contributed by atoms with Gasteiger partial charge in [-0.05, 0) is 27.2 Å². The summed E-state index contributed by atoms with van der Waals surface area (Å²) in [6.07, 6.45) is 0.748. The number of carbonyl (C=O) groups excluding carboxylic acids is 1. The van der Waals surface area contributed by atoms with Gasteiger partial charge in [-0.15, -0.1) is 0 Å². The van der Waals surface area contributed by atoms with Crippen molar-refractivity contribution in [3.63, 3.8) is 0 Å². The van der Waals surface area contributed by atoms with E-state index in [1.54, 1.807) is 14.0 Å². The van der Waals surface area contributed by atoms with E-state index in [0.717, 1.165) is 17.8 Å². The Morgan fingerprint density at radius 3 is 2.27 bits per heavy atom. The molecule has 1 N–H and O–H groups in total. The van der Waals surface area contributed by atoms with Crippen molar-refractivity contribution in [2.75, 3.05) is 6.54 Å². The quantitative estimate of drug-likeness (QED) is 0.848. The van der Waals surface area contributed by atoms with Gasteiger partial charge >= 0.3 is 0 Å². The number of amides is 1. The number of hydrogen-bond donors (Lipinski definition) is 1. The van der Waals surface area contributed by atoms with E-state index in [1.807, 2.05) is 18.5 Å². The molecule has 6 nitrogen and oxygen atoms in total. The minimum absolute atomic E-state index is 0.223. The fourth-order valence-electron chi connectivity index (χ4n) is 2.29. The van der Waals surface area contributed by atoms with Gasteiger partial charge in [0, 0.05) is 20.1 Å². The van der Waals surface area contributed by atoms with Gasteiger partial charge in [-0.3, -0.25) is 14.2 Å². The van der Waals surface area contributed by atoms with Gasteiger partial charge in [0.25, 0.3) is 5.91 Å². The molecule has 0 saturated heterocycles. The number of hydrogen-bond acceptors (Lipinski definition) is 3. The summed E-state index contributed by atoms with van der Waals surface area (Å²) in [7, 11) is 1.70. The molecule has 0 spiro atoms. The normalized spacial score (nSPS) is 11.0. The van der Waals surface area contributed by atoms with Crippen LogP contribution in [0.5, 0.6) is 0 Å². The van der Waals surface area contributed by atoms with E-state index in [2.05, 4.69) is 15.5 Å². The van der Waals surface area contributed by atoms with E-state index in [1.165, 1.54) is 4.68 Å². The first-order valence-corrected chi connectivity index (χ1v) is 7.75. The molecule has 0 aliphatic carbocycles. The highest BCUT2D eigenvalue weighted by Gasteiger charge is 2.18. The van der Waals surface area contributed by atoms with Crippen LogP contribution in [0, 0.1) is 20.8 Å². The number of nitrogens with zero attached hydrogens (tertiary/aromatic N) is 4. The zero-order valence-corrected chi connectivity index (χ0v) is 14.6. The topological polar surface area (TPSA) is 64.7 Å². The second-order valence-corrected chi connectivity index (χ2v) is 5.94. The number of aromatic nitrogens is 4. The van der Waals surface area contributed by atoms with Crippen molar-refractivity contribution in [1.29, 1.82) is 0 Å². The van der Waals surface area contributed by atoms with Crippen molar-refractivity contribution in [2.24, 2.45) is 7.05 Å². The molecule has 2 rings (SSSR count). The molecule has 0 fully saturated rings. The first-order chi connectivity index (χ1) is 10.3. The Bertz CT molecular complexity index is 705. The highest BCUT2D eigenvalue weighted by molar-refractivity contribution is 6.34. The van der Waals surface area contributed by atoms with Crippen molar-refractivity contribution in [3.05, 3.63) is 32.8 Å². The van der Waals surface area contributed by atoms with Crippen molar-refractivity contribution >= 4 is 29.1 Å². The molecule has 0 radical (unpaired) electrons. The number of rotatable bonds is 5. The molecule has 0 bridgehead atoms. The minimum atomic E-state index is -0.223. The molecule has 0 saturated carbocycles. The summed E-state index contributed by atoms with van der Waals surface area (Å²) in [5.41, 5.74) is 2.79. The minimum Gasteiger partial charge on any atom is -0.351 e. The molecule has 22 heavy (non-hydrogen) atoms. The van der Waals surface area contributed by atoms with Crippen LogP contribution >= 0.6 is 23.2 Å². The molecule has 0 aromatic carbocycles. The van der Waals surface area contributed by atoms with Crippen molar-refractivity contribution in [2.45, 2.75) is 33.7 Å². The fraction of sp³-hybridized carbons (Fsp3) is 0.500. The van der Waals surface area contributed by atoms with Crippen LogP contribution in [0.25, 0.3) is 0 Å². The first kappa shape index (κ1) is 16.8. The number of carbonyl (C=O) groups is 1. The van der Waals surface area contributed by atoms with Gasteiger partial charge in [-0.25, -0.2) is 0 Å². The SMILES string of the molecule is Cc1nn(C)c(C(=O)NCCCn2nc(C)c(Cl)c2C)c1Cl. The van der Waals surface area contributed by atoms with E-state index >= 15 is 0 Å². The Labute approximate surface area is 139 Å². The largest absolute Gasteiger partial charge is 0.351 e. The molecule has 0 unspecified atom stereocenters. The molecule has 1 amide bonds. The van der Waals surface area contributed by atoms with Crippen molar-refractivity contribution in [3.8, 4) is 0 Å². The van der Waals surface area contributed by atoms with Gasteiger partial charge in [0.1, 0.15) is 5.69 Å². The zero-order valence-electron chi connectivity index (χ0n) is 13.1. The average Bonchev–Trinajstić information content (AvgIpc) is 2.85. The monoisotopic (exact) mass is 343 g/mol. The van der Waals surface area contributed by atoms with Gasteiger partial charge in [-0.2, -0.15) is 10.2 Å². The molecule has 120 valence electrons. The van der Waals surface area contributed by atoms with Crippen LogP contribution in [0.3, 0.4) is 0 Å². The van der Waals surface area contributed by atoms with E-state index in [9.17, 15) is 4.79 Å². The van der Waals surface area contributed by atoms with Crippen molar-refractivity contribution in [1.82, 2.24) is 24.9 Å². The van der Waals surface area contributed by atoms with Crippen LogP contribution in [0.4, 0.5) is 0 Å². The molecule has 0 atom stereocenters. The maximum absolute atomic E-state index is 12.1. The first-order valence-electron chi connectivity index (χ1n) is 6.99. The maximum Gasteiger partial charge on any atom is 0.271 e. The fourth-order valence-corrected chi connectivity index (χ4v) is 2.67. The lowest BCUT2D eigenvalue weighted by Gasteiger charge is -2.07. The molecule has 2 heterocycles. The summed E-state index contributed by atoms with van der Waals surface area (Å²) < 4.78 is 3.35. The van der Waals surface area contributed by atoms with Crippen molar-refractivity contribution < 1.29 is 4.79 Å². The molecule has 2 aromatic rings. The average molecular weight is 344 g/mol. The molecular weight excluding hydrogens is 325 g/mol. The predicted molar refractivity (Wildman–Crippen MR) is 86.6 cm³/mol. The van der Waals surface area contributed by atoms with Crippen LogP contribution in [-0.4, -0.2) is 32.0 Å². The lowest BCUT2D eigenvalue weighted by Crippen LogP contribution is -2.27. The smallest absolute Gasteiger partial charge is 0.271 e. The van der Waals surface area contributed by atoms with Gasteiger partial charge in [0.05, 0.1) is 27.1 Å². The number of aryl methyl sites for hydroxylation is 4. The van der Waals surface area contributed by atoms with Gasteiger partial charge in [-0.1, -0.05) is 23.2 Å². The zero-order chi connectivity index (χ0) is 16.4. The summed E-state index contributed by atoms with van der Waals surface area (Å²) in [5, 5.41) is 12.4. The van der Waals surface area contributed by atoms with E-state index in [0.29, 0.717) is 34.5 Å². The maximum atomic E-state index is 12.1. The summed E-state index contributed by atoms with van der Waals surface area (Å²) in [6, 6.07) is 0. The van der Waals surface area contributed by atoms with Gasteiger partial charge < -0.3 is 5.32 Å². The summed E-state index contributed by atoms with van der Waals surface area (Å²) in [4.78, 5) is 12.1. The van der Waals surface area contributed by atoms with Crippen LogP contribution in [0.2, 0.25) is 10.0 Å². The molecule has 0 aliphatic rings. The van der Waals surface area contributed by atoms with E-state index in [4.69, 9.17) is 23.2 Å². The van der Waals surface area contributed by atoms with Crippen LogP contribution in [0.1, 0.15) is 34.0 Å². The summed E-state index contributed by atoms with van der Waals surface area (Å²) in [6.45, 7) is 6.79. The lowest BCUT2D eigenvalue weighted by molar-refractivity contribution is 0.0943. The third-order valence-electron chi connectivity index (χ3n) is 3.49. The second kappa shape index (κ2) is 6.71. The Morgan fingerprint density at radius 1 is 1.14 bits per heavy atom. The molecule has 0 aliphatic heterocycles. The number of nitrogens with one attached hydrogen (secondary N) is 1. The van der Waals surface area contributed by atoms with Gasteiger partial charge in [0.2, 0.25) is 0 Å². The highest BCUT2D eigenvalue weighted by Crippen LogP contribution is 2.20. The van der Waals surface area contributed by atoms with Crippen LogP contribution in [0.15, 0.2) is 0 Å². The van der Waals surface area contributed by atoms with E-state index in [-0.39, 0.29) is 5.91 Å². The molecule has 8 heteroatoms. The second-order valence-electron chi connectivity index (χ2n) is 5.19. The Hall–Kier alpha value is -1.53. The standard InChI is InChI=1S/C14H19Cl2N5O/c1-8-11(15)10(3)21(19-8)7-5-6-17-14(22)13-12(16)9(2)18-20(13)4/h5-7H2,1-4H3,(H,17,22). The Balaban J connectivity index is 1.88. The summed E-state index contributed by atoms with van der Waals surface area (Å²) >= 11 is 12.2. The van der Waals surface area contributed by atoms with Crippen LogP contribution in [-0.2, 0) is 13.6 Å². The van der Waals surface area contributed by atoms with E-state index < -0.39 is 0 Å². The lowest BCUT2D eigenvalue weighted by atomic mass is 10.3. The van der Waals surface area contributed by atoms with Gasteiger partial charge in [0.15, 0.2) is 0 Å². The Kier molecular flexibility index (Phi) is 5.13. The van der Waals surface area contributed by atoms with Crippen LogP contribution < -0.4 is 5.32 Å². The molecular formula is C14H19Cl2N5O. The number of halogens is 2. The third-order valence-corrected chi connectivity index (χ3v) is 4.49. The predicted octanol–water partition coefficient (Wildman–Crippen LogP) is 2.67. The highest BCUT2D eigenvalue weighted by atomic mass is 35.5. The third kappa shape index (κ3) is 3.28.